The van der Waals surface area contributed by atoms with E-state index in [1.807, 2.05) is 30.3 Å². The van der Waals surface area contributed by atoms with Crippen LogP contribution in [-0.2, 0) is 16.3 Å². The van der Waals surface area contributed by atoms with Crippen molar-refractivity contribution < 1.29 is 13.7 Å². The van der Waals surface area contributed by atoms with E-state index in [4.69, 9.17) is 11.6 Å². The van der Waals surface area contributed by atoms with E-state index in [9.17, 15) is 13.7 Å². The minimum absolute atomic E-state index is 0.109. The second-order valence-corrected chi connectivity index (χ2v) is 8.84. The molecule has 1 aliphatic heterocycles. The number of nitrogens with one attached hydrogen (secondary N) is 1. The second kappa shape index (κ2) is 8.57. The molecule has 0 spiro atoms. The molecule has 1 aliphatic rings. The number of anilines is 1. The molecule has 1 N–H and O–H groups in total. The summed E-state index contributed by atoms with van der Waals surface area (Å²) in [5, 5.41) is 3.31. The van der Waals surface area contributed by atoms with Crippen molar-refractivity contribution in [1.82, 2.24) is 9.29 Å². The summed E-state index contributed by atoms with van der Waals surface area (Å²) < 4.78 is 31.2. The van der Waals surface area contributed by atoms with Crippen molar-refractivity contribution in [3.8, 4) is 10.6 Å². The average molecular weight is 461 g/mol. The van der Waals surface area contributed by atoms with Crippen molar-refractivity contribution >= 4 is 51.8 Å². The number of nitrogens with zero attached hydrogens (tertiary/aromatic N) is 3. The van der Waals surface area contributed by atoms with Crippen molar-refractivity contribution in [1.29, 1.82) is 0 Å². The molecule has 1 amide bonds. The van der Waals surface area contributed by atoms with Gasteiger partial charge in [-0.1, -0.05) is 41.9 Å². The number of carbonyl (C=O) groups is 1. The Balaban J connectivity index is 1.61. The van der Waals surface area contributed by atoms with Crippen LogP contribution in [0.5, 0.6) is 0 Å². The highest BCUT2D eigenvalue weighted by atomic mass is 35.5. The highest BCUT2D eigenvalue weighted by molar-refractivity contribution is 7.88. The zero-order chi connectivity index (χ0) is 21.3. The lowest BCUT2D eigenvalue weighted by Crippen LogP contribution is -2.35. The molecule has 30 heavy (non-hydrogen) atoms. The van der Waals surface area contributed by atoms with Gasteiger partial charge < -0.3 is 9.87 Å². The van der Waals surface area contributed by atoms with E-state index in [1.54, 1.807) is 12.3 Å². The Morgan fingerprint density at radius 2 is 2.03 bits per heavy atom. The van der Waals surface area contributed by atoms with Gasteiger partial charge in [0.05, 0.1) is 16.9 Å². The predicted octanol–water partition coefficient (Wildman–Crippen LogP) is 4.44. The average Bonchev–Trinajstić information content (AvgIpc) is 3.23. The van der Waals surface area contributed by atoms with Gasteiger partial charge in [0, 0.05) is 23.5 Å². The van der Waals surface area contributed by atoms with E-state index in [0.717, 1.165) is 16.6 Å². The number of thiazole rings is 1. The largest absolute Gasteiger partial charge is 0.566 e. The summed E-state index contributed by atoms with van der Waals surface area (Å²) in [7, 11) is 1.50. The van der Waals surface area contributed by atoms with E-state index >= 15 is 0 Å². The highest BCUT2D eigenvalue weighted by Crippen LogP contribution is 2.28. The summed E-state index contributed by atoms with van der Waals surface area (Å²) in [4.78, 5) is 17.9. The fourth-order valence-corrected chi connectivity index (χ4v) is 4.54. The van der Waals surface area contributed by atoms with Crippen molar-refractivity contribution in [2.24, 2.45) is 4.40 Å². The van der Waals surface area contributed by atoms with Crippen LogP contribution in [0.25, 0.3) is 10.6 Å². The molecule has 3 aromatic rings. The summed E-state index contributed by atoms with van der Waals surface area (Å²) in [6.07, 6.45) is 3.18. The normalized spacial score (nSPS) is 16.1. The van der Waals surface area contributed by atoms with Gasteiger partial charge in [-0.3, -0.25) is 4.79 Å². The molecule has 0 saturated heterocycles. The molecule has 0 fully saturated rings. The lowest BCUT2D eigenvalue weighted by Gasteiger charge is -2.23. The van der Waals surface area contributed by atoms with Crippen molar-refractivity contribution in [2.45, 2.75) is 0 Å². The molecule has 2 aromatic carbocycles. The number of aromatic nitrogens is 1. The first-order valence-electron chi connectivity index (χ1n) is 8.66. The van der Waals surface area contributed by atoms with Crippen LogP contribution in [0.4, 0.5) is 10.1 Å². The Bertz CT molecular complexity index is 1170. The molecule has 4 rings (SSSR count). The number of halogens is 2. The molecule has 6 nitrogen and oxygen atoms in total. The fourth-order valence-electron chi connectivity index (χ4n) is 2.68. The van der Waals surface area contributed by atoms with Crippen LogP contribution in [0, 0.1) is 5.82 Å². The van der Waals surface area contributed by atoms with Crippen LogP contribution in [0.2, 0.25) is 5.02 Å². The lowest BCUT2D eigenvalue weighted by molar-refractivity contribution is -0.113. The van der Waals surface area contributed by atoms with Crippen molar-refractivity contribution in [3.05, 3.63) is 82.2 Å². The van der Waals surface area contributed by atoms with Crippen LogP contribution in [0.15, 0.2) is 70.9 Å². The number of amides is 1. The quantitative estimate of drug-likeness (QED) is 0.584. The van der Waals surface area contributed by atoms with Gasteiger partial charge in [-0.2, -0.15) is 4.31 Å². The molecule has 0 saturated carbocycles. The molecule has 1 unspecified atom stereocenters. The second-order valence-electron chi connectivity index (χ2n) is 6.21. The van der Waals surface area contributed by atoms with Crippen molar-refractivity contribution in [2.75, 3.05) is 12.4 Å². The fraction of sp³-hybridized carbons (Fsp3) is 0.0500. The van der Waals surface area contributed by atoms with E-state index in [-0.39, 0.29) is 10.7 Å². The predicted molar refractivity (Wildman–Crippen MR) is 118 cm³/mol. The monoisotopic (exact) mass is 460 g/mol. The van der Waals surface area contributed by atoms with Crippen LogP contribution in [-0.4, -0.2) is 32.5 Å². The highest BCUT2D eigenvalue weighted by Gasteiger charge is 2.31. The zero-order valence-electron chi connectivity index (χ0n) is 15.5. The maximum atomic E-state index is 13.3. The molecule has 0 radical (unpaired) electrons. The van der Waals surface area contributed by atoms with Crippen LogP contribution >= 0.6 is 22.9 Å². The van der Waals surface area contributed by atoms with E-state index < -0.39 is 23.3 Å². The Labute approximate surface area is 184 Å². The third kappa shape index (κ3) is 4.24. The Morgan fingerprint density at radius 3 is 2.77 bits per heavy atom. The molecular formula is C20H14ClFN4O2S2. The number of benzene rings is 2. The standard InChI is InChI=1S/C20H14ClFN4O2S2/c1-26-17(19(27)24-13-7-8-15(22)14(21)9-13)10-16(25-30(26)28)18-11-23-20(29-18)12-5-3-2-4-6-12/h2-11H,1H3,(H,24,27). The van der Waals surface area contributed by atoms with Gasteiger partial charge >= 0.3 is 0 Å². The molecule has 0 bridgehead atoms. The van der Waals surface area contributed by atoms with Gasteiger partial charge in [-0.15, -0.1) is 11.3 Å². The smallest absolute Gasteiger partial charge is 0.276 e. The molecule has 1 aromatic heterocycles. The SMILES string of the molecule is CN1C(C(=O)Nc2ccc(F)c(Cl)c2)=CC(c2cnc(-c3ccccc3)s2)=N[S+]1[O-]. The zero-order valence-corrected chi connectivity index (χ0v) is 17.9. The third-order valence-corrected chi connectivity index (χ3v) is 6.59. The van der Waals surface area contributed by atoms with Crippen LogP contribution in [0.3, 0.4) is 0 Å². The number of allylic oxidation sites excluding steroid dienone is 1. The summed E-state index contributed by atoms with van der Waals surface area (Å²) in [5.41, 5.74) is 1.82. The molecule has 1 atom stereocenters. The maximum absolute atomic E-state index is 13.3. The van der Waals surface area contributed by atoms with Crippen LogP contribution < -0.4 is 5.32 Å². The van der Waals surface area contributed by atoms with Crippen molar-refractivity contribution in [3.63, 3.8) is 0 Å². The molecule has 10 heteroatoms. The number of likely N-dealkylation sites (N-methyl/N-ethyl adjacent to an activating group) is 1. The number of hydrogen-bond acceptors (Lipinski definition) is 6. The summed E-state index contributed by atoms with van der Waals surface area (Å²) in [6, 6.07) is 13.5. The first-order valence-corrected chi connectivity index (χ1v) is 10.9. The summed E-state index contributed by atoms with van der Waals surface area (Å²) in [5.74, 6) is -1.10. The van der Waals surface area contributed by atoms with Gasteiger partial charge in [-0.25, -0.2) is 9.37 Å². The first-order chi connectivity index (χ1) is 14.4. The topological polar surface area (TPSA) is 80.7 Å². The lowest BCUT2D eigenvalue weighted by atomic mass is 10.2. The molecule has 152 valence electrons. The van der Waals surface area contributed by atoms with Gasteiger partial charge in [0.2, 0.25) is 11.5 Å². The van der Waals surface area contributed by atoms with E-state index in [0.29, 0.717) is 16.3 Å². The van der Waals surface area contributed by atoms with E-state index in [1.165, 1.54) is 34.8 Å². The Morgan fingerprint density at radius 1 is 1.27 bits per heavy atom. The van der Waals surface area contributed by atoms with Gasteiger partial charge in [-0.05, 0) is 22.6 Å². The number of carbonyl (C=O) groups excluding carboxylic acids is 1. The first kappa shape index (κ1) is 20.5. The maximum Gasteiger partial charge on any atom is 0.276 e. The third-order valence-electron chi connectivity index (χ3n) is 4.21. The van der Waals surface area contributed by atoms with Gasteiger partial charge in [0.25, 0.3) is 5.91 Å². The number of hydrogen-bond donors (Lipinski definition) is 1. The minimum atomic E-state index is -1.78. The summed E-state index contributed by atoms with van der Waals surface area (Å²) in [6.45, 7) is 0. The Hall–Kier alpha value is -2.72. The number of rotatable bonds is 4. The van der Waals surface area contributed by atoms with E-state index in [2.05, 4.69) is 14.7 Å². The Kier molecular flexibility index (Phi) is 5.87. The van der Waals surface area contributed by atoms with Gasteiger partial charge in [0.1, 0.15) is 16.5 Å². The van der Waals surface area contributed by atoms with Crippen LogP contribution in [0.1, 0.15) is 4.88 Å². The minimum Gasteiger partial charge on any atom is -0.566 e. The molecule has 0 aliphatic carbocycles. The summed E-state index contributed by atoms with van der Waals surface area (Å²) >= 11 is 5.37. The molecular weight excluding hydrogens is 447 g/mol. The van der Waals surface area contributed by atoms with Gasteiger partial charge in [0.15, 0.2) is 5.70 Å². The molecule has 2 heterocycles.